The van der Waals surface area contributed by atoms with E-state index in [2.05, 4.69) is 22.8 Å². The second kappa shape index (κ2) is 9.43. The molecule has 0 aromatic heterocycles. The molecule has 0 atom stereocenters. The van der Waals surface area contributed by atoms with E-state index in [4.69, 9.17) is 28.6 Å². The fourth-order valence-corrected chi connectivity index (χ4v) is 4.22. The second-order valence-electron chi connectivity index (χ2n) is 7.15. The lowest BCUT2D eigenvalue weighted by Gasteiger charge is -2.32. The third-order valence-electron chi connectivity index (χ3n) is 5.15. The van der Waals surface area contributed by atoms with Crippen LogP contribution in [0.2, 0.25) is 5.02 Å². The topological polar surface area (TPSA) is 33.3 Å². The molecule has 0 saturated heterocycles. The summed E-state index contributed by atoms with van der Waals surface area (Å²) in [5.74, 6) is 0.851. The molecule has 0 aliphatic heterocycles. The lowest BCUT2D eigenvalue weighted by Crippen LogP contribution is -2.48. The van der Waals surface area contributed by atoms with Gasteiger partial charge < -0.3 is 15.4 Å². The van der Waals surface area contributed by atoms with Crippen molar-refractivity contribution in [2.45, 2.75) is 51.0 Å². The number of hydrogen-bond donors (Lipinski definition) is 2. The van der Waals surface area contributed by atoms with E-state index in [9.17, 15) is 0 Å². The third-order valence-corrected chi connectivity index (χ3v) is 5.60. The highest BCUT2D eigenvalue weighted by atomic mass is 35.5. The molecule has 0 radical (unpaired) electrons. The molecule has 0 unspecified atom stereocenters. The molecule has 27 heavy (non-hydrogen) atoms. The van der Waals surface area contributed by atoms with Gasteiger partial charge >= 0.3 is 0 Å². The molecular weight excluding hydrogens is 376 g/mol. The van der Waals surface area contributed by atoms with Gasteiger partial charge in [-0.3, -0.25) is 0 Å². The molecule has 5 heteroatoms. The molecule has 1 saturated carbocycles. The largest absolute Gasteiger partial charge is 0.494 e. The number of rotatable bonds is 7. The molecule has 1 aliphatic rings. The zero-order valence-corrected chi connectivity index (χ0v) is 17.3. The Morgan fingerprint density at radius 1 is 1.15 bits per heavy atom. The summed E-state index contributed by atoms with van der Waals surface area (Å²) >= 11 is 11.6. The lowest BCUT2D eigenvalue weighted by atomic mass is 9.89. The van der Waals surface area contributed by atoms with Crippen molar-refractivity contribution in [1.29, 1.82) is 0 Å². The fraction of sp³-hybridized carbons (Fsp3) is 0.409. The van der Waals surface area contributed by atoms with E-state index in [0.29, 0.717) is 11.7 Å². The summed E-state index contributed by atoms with van der Waals surface area (Å²) in [5.41, 5.74) is 2.33. The highest BCUT2D eigenvalue weighted by Gasteiger charge is 2.34. The lowest BCUT2D eigenvalue weighted by molar-refractivity contribution is 0.340. The Kier molecular flexibility index (Phi) is 6.97. The first-order valence-electron chi connectivity index (χ1n) is 9.65. The van der Waals surface area contributed by atoms with Crippen LogP contribution in [-0.4, -0.2) is 17.3 Å². The molecule has 2 aromatic rings. The number of ether oxygens (including phenoxy) is 1. The van der Waals surface area contributed by atoms with Crippen molar-refractivity contribution >= 4 is 34.6 Å². The number of thiocarbonyl (C=S) groups is 1. The van der Waals surface area contributed by atoms with Gasteiger partial charge in [-0.25, -0.2) is 0 Å². The maximum atomic E-state index is 6.00. The van der Waals surface area contributed by atoms with Gasteiger partial charge in [0.25, 0.3) is 0 Å². The Morgan fingerprint density at radius 2 is 1.89 bits per heavy atom. The summed E-state index contributed by atoms with van der Waals surface area (Å²) < 4.78 is 5.56. The Bertz CT molecular complexity index is 757. The molecule has 1 fully saturated rings. The van der Waals surface area contributed by atoms with Crippen LogP contribution in [-0.2, 0) is 6.42 Å². The standard InChI is InChI=1S/C22H27ClN2OS/c1-2-26-20-7-5-6-19(16-20)24-21(27)25-22(13-3-4-14-22)15-12-17-8-10-18(23)11-9-17/h5-11,16H,2-4,12-15H2,1H3,(H2,24,25,27). The smallest absolute Gasteiger partial charge is 0.171 e. The number of nitrogens with one attached hydrogen (secondary N) is 2. The summed E-state index contributed by atoms with van der Waals surface area (Å²) in [6, 6.07) is 16.1. The second-order valence-corrected chi connectivity index (χ2v) is 8.00. The van der Waals surface area contributed by atoms with Gasteiger partial charge in [-0.15, -0.1) is 0 Å². The Balaban J connectivity index is 1.60. The Morgan fingerprint density at radius 3 is 2.59 bits per heavy atom. The number of halogens is 1. The maximum Gasteiger partial charge on any atom is 0.171 e. The molecular formula is C22H27ClN2OS. The SMILES string of the molecule is CCOc1cccc(NC(=S)NC2(CCc3ccc(Cl)cc3)CCCC2)c1. The molecule has 3 nitrogen and oxygen atoms in total. The third kappa shape index (κ3) is 5.85. The van der Waals surface area contributed by atoms with Gasteiger partial charge in [-0.1, -0.05) is 42.6 Å². The zero-order valence-electron chi connectivity index (χ0n) is 15.8. The van der Waals surface area contributed by atoms with Crippen LogP contribution in [0, 0.1) is 0 Å². The van der Waals surface area contributed by atoms with Gasteiger partial charge in [0.2, 0.25) is 0 Å². The van der Waals surface area contributed by atoms with Gasteiger partial charge in [0.15, 0.2) is 5.11 Å². The van der Waals surface area contributed by atoms with Crippen molar-refractivity contribution in [1.82, 2.24) is 5.32 Å². The number of aryl methyl sites for hydroxylation is 1. The Hall–Kier alpha value is -1.78. The van der Waals surface area contributed by atoms with E-state index >= 15 is 0 Å². The zero-order chi connectivity index (χ0) is 19.1. The van der Waals surface area contributed by atoms with Crippen LogP contribution in [0.1, 0.15) is 44.6 Å². The van der Waals surface area contributed by atoms with E-state index in [1.54, 1.807) is 0 Å². The van der Waals surface area contributed by atoms with Crippen LogP contribution >= 0.6 is 23.8 Å². The molecule has 2 N–H and O–H groups in total. The van der Waals surface area contributed by atoms with Crippen LogP contribution in [0.15, 0.2) is 48.5 Å². The quantitative estimate of drug-likeness (QED) is 0.559. The van der Waals surface area contributed by atoms with Crippen molar-refractivity contribution in [2.75, 3.05) is 11.9 Å². The molecule has 0 spiro atoms. The van der Waals surface area contributed by atoms with Crippen LogP contribution in [0.3, 0.4) is 0 Å². The summed E-state index contributed by atoms with van der Waals surface area (Å²) in [6.07, 6.45) is 6.89. The van der Waals surface area contributed by atoms with E-state index in [-0.39, 0.29) is 5.54 Å². The first-order chi connectivity index (χ1) is 13.1. The van der Waals surface area contributed by atoms with Gasteiger partial charge in [-0.05, 0) is 74.7 Å². The summed E-state index contributed by atoms with van der Waals surface area (Å²) in [5, 5.41) is 8.41. The van der Waals surface area contributed by atoms with E-state index in [1.807, 2.05) is 43.3 Å². The number of hydrogen-bond acceptors (Lipinski definition) is 2. The average molecular weight is 403 g/mol. The van der Waals surface area contributed by atoms with Gasteiger partial charge in [0, 0.05) is 22.3 Å². The minimum absolute atomic E-state index is 0.0707. The Labute approximate surface area is 172 Å². The van der Waals surface area contributed by atoms with Crippen molar-refractivity contribution < 1.29 is 4.74 Å². The fourth-order valence-electron chi connectivity index (χ4n) is 3.76. The van der Waals surface area contributed by atoms with Gasteiger partial charge in [0.1, 0.15) is 5.75 Å². The van der Waals surface area contributed by atoms with Gasteiger partial charge in [-0.2, -0.15) is 0 Å². The highest BCUT2D eigenvalue weighted by Crippen LogP contribution is 2.34. The first kappa shape index (κ1) is 20.0. The molecule has 3 rings (SSSR count). The first-order valence-corrected chi connectivity index (χ1v) is 10.4. The van der Waals surface area contributed by atoms with Crippen LogP contribution < -0.4 is 15.4 Å². The van der Waals surface area contributed by atoms with E-state index in [0.717, 1.165) is 42.1 Å². The molecule has 0 amide bonds. The van der Waals surface area contributed by atoms with E-state index < -0.39 is 0 Å². The maximum absolute atomic E-state index is 6.00. The molecule has 0 heterocycles. The summed E-state index contributed by atoms with van der Waals surface area (Å²) in [7, 11) is 0. The minimum atomic E-state index is 0.0707. The number of anilines is 1. The molecule has 1 aliphatic carbocycles. The summed E-state index contributed by atoms with van der Waals surface area (Å²) in [4.78, 5) is 0. The van der Waals surface area contributed by atoms with Crippen LogP contribution in [0.5, 0.6) is 5.75 Å². The van der Waals surface area contributed by atoms with Crippen molar-refractivity contribution in [3.63, 3.8) is 0 Å². The van der Waals surface area contributed by atoms with Gasteiger partial charge in [0.05, 0.1) is 6.61 Å². The number of benzene rings is 2. The average Bonchev–Trinajstić information content (AvgIpc) is 3.10. The minimum Gasteiger partial charge on any atom is -0.494 e. The highest BCUT2D eigenvalue weighted by molar-refractivity contribution is 7.80. The predicted octanol–water partition coefficient (Wildman–Crippen LogP) is 5.97. The molecule has 0 bridgehead atoms. The predicted molar refractivity (Wildman–Crippen MR) is 118 cm³/mol. The van der Waals surface area contributed by atoms with Crippen LogP contribution in [0.25, 0.3) is 0 Å². The normalized spacial score (nSPS) is 15.3. The molecule has 2 aromatic carbocycles. The van der Waals surface area contributed by atoms with E-state index in [1.165, 1.54) is 18.4 Å². The summed E-state index contributed by atoms with van der Waals surface area (Å²) in [6.45, 7) is 2.64. The molecule has 144 valence electrons. The monoisotopic (exact) mass is 402 g/mol. The van der Waals surface area contributed by atoms with Crippen LogP contribution in [0.4, 0.5) is 5.69 Å². The van der Waals surface area contributed by atoms with Crippen molar-refractivity contribution in [3.8, 4) is 5.75 Å². The van der Waals surface area contributed by atoms with Crippen molar-refractivity contribution in [3.05, 3.63) is 59.1 Å². The van der Waals surface area contributed by atoms with Crippen molar-refractivity contribution in [2.24, 2.45) is 0 Å².